The van der Waals surface area contributed by atoms with Gasteiger partial charge in [0.05, 0.1) is 5.25 Å². The molecule has 0 saturated carbocycles. The number of thioether (sulfide) groups is 1. The maximum Gasteiger partial charge on any atom is 0.235 e. The molecule has 2 aromatic heterocycles. The van der Waals surface area contributed by atoms with Crippen molar-refractivity contribution in [2.75, 3.05) is 13.1 Å². The fourth-order valence-corrected chi connectivity index (χ4v) is 4.57. The average Bonchev–Trinajstić information content (AvgIpc) is 3.34. The predicted molar refractivity (Wildman–Crippen MR) is 112 cm³/mol. The Labute approximate surface area is 168 Å². The number of rotatable bonds is 8. The standard InChI is InChI=1S/C20H24N4OS2/c1-4-23(5-2)19(25)15(3)27-20-22-21-18(14-17-12-9-13-26-17)24(20)16-10-7-6-8-11-16/h6-13,15H,4-5,14H2,1-3H3. The summed E-state index contributed by atoms with van der Waals surface area (Å²) in [4.78, 5) is 15.8. The molecule has 0 spiro atoms. The van der Waals surface area contributed by atoms with Crippen molar-refractivity contribution in [2.24, 2.45) is 0 Å². The van der Waals surface area contributed by atoms with Gasteiger partial charge in [0.2, 0.25) is 5.91 Å². The van der Waals surface area contributed by atoms with Crippen molar-refractivity contribution < 1.29 is 4.79 Å². The molecule has 1 amide bonds. The lowest BCUT2D eigenvalue weighted by molar-refractivity contribution is -0.129. The summed E-state index contributed by atoms with van der Waals surface area (Å²) in [5, 5.41) is 11.5. The van der Waals surface area contributed by atoms with Crippen LogP contribution in [-0.4, -0.2) is 43.9 Å². The van der Waals surface area contributed by atoms with Crippen molar-refractivity contribution >= 4 is 29.0 Å². The summed E-state index contributed by atoms with van der Waals surface area (Å²) in [5.41, 5.74) is 1.01. The van der Waals surface area contributed by atoms with Gasteiger partial charge < -0.3 is 4.90 Å². The molecular weight excluding hydrogens is 376 g/mol. The SMILES string of the molecule is CCN(CC)C(=O)C(C)Sc1nnc(Cc2cccs2)n1-c1ccccc1. The maximum absolute atomic E-state index is 12.7. The summed E-state index contributed by atoms with van der Waals surface area (Å²) in [7, 11) is 0. The van der Waals surface area contributed by atoms with Crippen molar-refractivity contribution in [1.82, 2.24) is 19.7 Å². The lowest BCUT2D eigenvalue weighted by atomic mass is 10.3. The van der Waals surface area contributed by atoms with E-state index in [1.54, 1.807) is 11.3 Å². The number of benzene rings is 1. The number of carbonyl (C=O) groups excluding carboxylic acids is 1. The monoisotopic (exact) mass is 400 g/mol. The Morgan fingerprint density at radius 2 is 1.89 bits per heavy atom. The van der Waals surface area contributed by atoms with Crippen LogP contribution in [0.3, 0.4) is 0 Å². The number of hydrogen-bond donors (Lipinski definition) is 0. The fraction of sp³-hybridized carbons (Fsp3) is 0.350. The molecule has 1 unspecified atom stereocenters. The molecule has 142 valence electrons. The van der Waals surface area contributed by atoms with Crippen molar-refractivity contribution in [1.29, 1.82) is 0 Å². The van der Waals surface area contributed by atoms with Crippen LogP contribution >= 0.6 is 23.1 Å². The third-order valence-corrected chi connectivity index (χ3v) is 6.24. The highest BCUT2D eigenvalue weighted by Crippen LogP contribution is 2.28. The Morgan fingerprint density at radius 1 is 1.15 bits per heavy atom. The van der Waals surface area contributed by atoms with Crippen LogP contribution in [0.1, 0.15) is 31.5 Å². The molecule has 0 saturated heterocycles. The largest absolute Gasteiger partial charge is 0.342 e. The summed E-state index contributed by atoms with van der Waals surface area (Å²) in [6, 6.07) is 14.2. The second-order valence-corrected chi connectivity index (χ2v) is 8.44. The van der Waals surface area contributed by atoms with Crippen LogP contribution in [0.2, 0.25) is 0 Å². The molecular formula is C20H24N4OS2. The Morgan fingerprint density at radius 3 is 2.52 bits per heavy atom. The van der Waals surface area contributed by atoms with Crippen molar-refractivity contribution in [2.45, 2.75) is 37.6 Å². The molecule has 3 aromatic rings. The molecule has 5 nitrogen and oxygen atoms in total. The van der Waals surface area contributed by atoms with E-state index in [1.165, 1.54) is 16.6 Å². The second kappa shape index (κ2) is 9.19. The van der Waals surface area contributed by atoms with Gasteiger partial charge in [-0.2, -0.15) is 0 Å². The first-order valence-electron chi connectivity index (χ1n) is 9.11. The van der Waals surface area contributed by atoms with E-state index < -0.39 is 0 Å². The zero-order valence-corrected chi connectivity index (χ0v) is 17.5. The van der Waals surface area contributed by atoms with E-state index in [-0.39, 0.29) is 11.2 Å². The fourth-order valence-electron chi connectivity index (χ4n) is 2.90. The second-order valence-electron chi connectivity index (χ2n) is 6.10. The number of carbonyl (C=O) groups is 1. The minimum Gasteiger partial charge on any atom is -0.342 e. The molecule has 0 aliphatic heterocycles. The molecule has 0 bridgehead atoms. The smallest absolute Gasteiger partial charge is 0.235 e. The van der Waals surface area contributed by atoms with Crippen LogP contribution in [0.15, 0.2) is 53.0 Å². The number of para-hydroxylation sites is 1. The first-order chi connectivity index (χ1) is 13.1. The Kier molecular flexibility index (Phi) is 6.68. The topological polar surface area (TPSA) is 51.0 Å². The summed E-state index contributed by atoms with van der Waals surface area (Å²) < 4.78 is 2.07. The molecule has 2 heterocycles. The predicted octanol–water partition coefficient (Wildman–Crippen LogP) is 4.27. The van der Waals surface area contributed by atoms with E-state index >= 15 is 0 Å². The molecule has 0 N–H and O–H groups in total. The quantitative estimate of drug-likeness (QED) is 0.530. The third kappa shape index (κ3) is 4.59. The van der Waals surface area contributed by atoms with Gasteiger partial charge in [-0.1, -0.05) is 36.0 Å². The van der Waals surface area contributed by atoms with Crippen LogP contribution in [0, 0.1) is 0 Å². The van der Waals surface area contributed by atoms with E-state index in [0.717, 1.165) is 36.2 Å². The van der Waals surface area contributed by atoms with Crippen LogP contribution in [0.4, 0.5) is 0 Å². The number of amides is 1. The minimum absolute atomic E-state index is 0.132. The van der Waals surface area contributed by atoms with Gasteiger partial charge >= 0.3 is 0 Å². The molecule has 0 aliphatic rings. The van der Waals surface area contributed by atoms with Gasteiger partial charge in [-0.05, 0) is 44.4 Å². The number of thiophene rings is 1. The van der Waals surface area contributed by atoms with E-state index in [9.17, 15) is 4.79 Å². The van der Waals surface area contributed by atoms with Gasteiger partial charge in [-0.25, -0.2) is 0 Å². The summed E-state index contributed by atoms with van der Waals surface area (Å²) in [6.07, 6.45) is 0.721. The van der Waals surface area contributed by atoms with Crippen molar-refractivity contribution in [3.8, 4) is 5.69 Å². The minimum atomic E-state index is -0.217. The highest BCUT2D eigenvalue weighted by molar-refractivity contribution is 8.00. The Hall–Kier alpha value is -2.12. The van der Waals surface area contributed by atoms with Crippen LogP contribution in [-0.2, 0) is 11.2 Å². The van der Waals surface area contributed by atoms with E-state index in [2.05, 4.69) is 26.2 Å². The van der Waals surface area contributed by atoms with Gasteiger partial charge in [-0.15, -0.1) is 21.5 Å². The Bertz CT molecular complexity index is 858. The molecule has 1 aromatic carbocycles. The average molecular weight is 401 g/mol. The molecule has 7 heteroatoms. The number of aromatic nitrogens is 3. The molecule has 0 aliphatic carbocycles. The lowest BCUT2D eigenvalue weighted by Crippen LogP contribution is -2.36. The lowest BCUT2D eigenvalue weighted by Gasteiger charge is -2.22. The highest BCUT2D eigenvalue weighted by Gasteiger charge is 2.23. The van der Waals surface area contributed by atoms with Gasteiger partial charge in [0.1, 0.15) is 5.82 Å². The van der Waals surface area contributed by atoms with E-state index in [1.807, 2.05) is 62.1 Å². The molecule has 1 atom stereocenters. The summed E-state index contributed by atoms with van der Waals surface area (Å²) >= 11 is 3.18. The first kappa shape index (κ1) is 19.6. The van der Waals surface area contributed by atoms with Crippen LogP contribution < -0.4 is 0 Å². The van der Waals surface area contributed by atoms with Gasteiger partial charge in [0, 0.05) is 30.1 Å². The first-order valence-corrected chi connectivity index (χ1v) is 10.9. The highest BCUT2D eigenvalue weighted by atomic mass is 32.2. The van der Waals surface area contributed by atoms with E-state index in [4.69, 9.17) is 0 Å². The third-order valence-electron chi connectivity index (χ3n) is 4.33. The van der Waals surface area contributed by atoms with Gasteiger partial charge in [-0.3, -0.25) is 9.36 Å². The van der Waals surface area contributed by atoms with E-state index in [0.29, 0.717) is 0 Å². The zero-order chi connectivity index (χ0) is 19.2. The van der Waals surface area contributed by atoms with Crippen molar-refractivity contribution in [3.63, 3.8) is 0 Å². The summed E-state index contributed by atoms with van der Waals surface area (Å²) in [6.45, 7) is 7.38. The molecule has 3 rings (SSSR count). The maximum atomic E-state index is 12.7. The van der Waals surface area contributed by atoms with Gasteiger partial charge in [0.25, 0.3) is 0 Å². The number of hydrogen-bond acceptors (Lipinski definition) is 5. The van der Waals surface area contributed by atoms with Crippen LogP contribution in [0.5, 0.6) is 0 Å². The molecule has 0 fully saturated rings. The van der Waals surface area contributed by atoms with Gasteiger partial charge in [0.15, 0.2) is 5.16 Å². The molecule has 0 radical (unpaired) electrons. The van der Waals surface area contributed by atoms with Crippen molar-refractivity contribution in [3.05, 3.63) is 58.5 Å². The number of nitrogens with zero attached hydrogens (tertiary/aromatic N) is 4. The van der Waals surface area contributed by atoms with Crippen LogP contribution in [0.25, 0.3) is 5.69 Å². The Balaban J connectivity index is 1.91. The summed E-state index contributed by atoms with van der Waals surface area (Å²) in [5.74, 6) is 1.01. The normalized spacial score (nSPS) is 12.1. The molecule has 27 heavy (non-hydrogen) atoms. The zero-order valence-electron chi connectivity index (χ0n) is 15.8.